The van der Waals surface area contributed by atoms with Crippen LogP contribution in [-0.4, -0.2) is 16.1 Å². The van der Waals surface area contributed by atoms with Gasteiger partial charge in [0.1, 0.15) is 17.1 Å². The van der Waals surface area contributed by atoms with Crippen molar-refractivity contribution in [3.05, 3.63) is 51.7 Å². The maximum absolute atomic E-state index is 11.1. The highest BCUT2D eigenvalue weighted by Crippen LogP contribution is 2.31. The third-order valence-corrected chi connectivity index (χ3v) is 2.96. The van der Waals surface area contributed by atoms with Gasteiger partial charge in [0.25, 0.3) is 0 Å². The first-order chi connectivity index (χ1) is 8.58. The number of ether oxygens (including phenoxy) is 1. The lowest BCUT2D eigenvalue weighted by Gasteiger charge is -2.09. The number of hydrogen-bond donors (Lipinski definition) is 1. The highest BCUT2D eigenvalue weighted by atomic mass is 79.9. The molecule has 6 heteroatoms. The van der Waals surface area contributed by atoms with Crippen molar-refractivity contribution in [2.45, 2.75) is 0 Å². The largest absolute Gasteiger partial charge is 0.478 e. The van der Waals surface area contributed by atoms with Crippen molar-refractivity contribution in [2.75, 3.05) is 0 Å². The Balaban J connectivity index is 2.40. The summed E-state index contributed by atoms with van der Waals surface area (Å²) in [6.07, 6.45) is 2.92. The Morgan fingerprint density at radius 3 is 2.83 bits per heavy atom. The summed E-state index contributed by atoms with van der Waals surface area (Å²) in [6.45, 7) is 0. The molecule has 0 saturated carbocycles. The van der Waals surface area contributed by atoms with Crippen LogP contribution in [0.25, 0.3) is 0 Å². The Labute approximate surface area is 116 Å². The number of halogens is 2. The molecule has 1 N–H and O–H groups in total. The van der Waals surface area contributed by atoms with Gasteiger partial charge in [-0.25, -0.2) is 4.79 Å². The second-order valence-corrected chi connectivity index (χ2v) is 4.65. The predicted molar refractivity (Wildman–Crippen MR) is 70.4 cm³/mol. The van der Waals surface area contributed by atoms with E-state index in [9.17, 15) is 4.79 Å². The Morgan fingerprint density at radius 2 is 2.17 bits per heavy atom. The van der Waals surface area contributed by atoms with E-state index in [2.05, 4.69) is 20.9 Å². The van der Waals surface area contributed by atoms with Crippen molar-refractivity contribution < 1.29 is 14.6 Å². The van der Waals surface area contributed by atoms with Gasteiger partial charge in [-0.3, -0.25) is 4.98 Å². The molecule has 0 atom stereocenters. The average Bonchev–Trinajstić information content (AvgIpc) is 2.28. The van der Waals surface area contributed by atoms with Crippen LogP contribution in [0.5, 0.6) is 11.5 Å². The fourth-order valence-corrected chi connectivity index (χ4v) is 2.05. The molecule has 18 heavy (non-hydrogen) atoms. The normalized spacial score (nSPS) is 10.1. The van der Waals surface area contributed by atoms with Gasteiger partial charge >= 0.3 is 5.97 Å². The fourth-order valence-electron chi connectivity index (χ4n) is 1.37. The van der Waals surface area contributed by atoms with Crippen molar-refractivity contribution in [1.82, 2.24) is 4.98 Å². The summed E-state index contributed by atoms with van der Waals surface area (Å²) in [4.78, 5) is 15.0. The zero-order chi connectivity index (χ0) is 13.1. The van der Waals surface area contributed by atoms with Crippen LogP contribution in [0.15, 0.2) is 41.1 Å². The zero-order valence-corrected chi connectivity index (χ0v) is 11.3. The number of carboxylic acid groups (broad SMARTS) is 1. The van der Waals surface area contributed by atoms with Crippen LogP contribution in [0.4, 0.5) is 0 Å². The van der Waals surface area contributed by atoms with Gasteiger partial charge in [0, 0.05) is 16.7 Å². The van der Waals surface area contributed by atoms with E-state index in [1.54, 1.807) is 24.3 Å². The number of carbonyl (C=O) groups is 1. The Hall–Kier alpha value is -1.59. The number of benzene rings is 1. The number of nitrogens with zero attached hydrogens (tertiary/aromatic N) is 1. The third-order valence-electron chi connectivity index (χ3n) is 2.10. The summed E-state index contributed by atoms with van der Waals surface area (Å²) < 4.78 is 5.92. The van der Waals surface area contributed by atoms with E-state index in [-0.39, 0.29) is 11.3 Å². The second kappa shape index (κ2) is 5.37. The number of aromatic carboxylic acids is 1. The molecule has 0 bridgehead atoms. The topological polar surface area (TPSA) is 59.4 Å². The lowest BCUT2D eigenvalue weighted by molar-refractivity contribution is 0.0693. The van der Waals surface area contributed by atoms with Crippen LogP contribution in [0.1, 0.15) is 10.4 Å². The van der Waals surface area contributed by atoms with Crippen LogP contribution in [0.2, 0.25) is 5.02 Å². The first kappa shape index (κ1) is 12.9. The van der Waals surface area contributed by atoms with Crippen LogP contribution >= 0.6 is 27.5 Å². The molecule has 0 saturated heterocycles. The van der Waals surface area contributed by atoms with Crippen LogP contribution < -0.4 is 4.74 Å². The Morgan fingerprint density at radius 1 is 1.39 bits per heavy atom. The number of hydrogen-bond acceptors (Lipinski definition) is 3. The molecule has 0 aliphatic heterocycles. The lowest BCUT2D eigenvalue weighted by atomic mass is 10.2. The molecule has 2 aromatic rings. The summed E-state index contributed by atoms with van der Waals surface area (Å²) in [7, 11) is 0. The van der Waals surface area contributed by atoms with Gasteiger partial charge in [-0.1, -0.05) is 17.7 Å². The average molecular weight is 329 g/mol. The monoisotopic (exact) mass is 327 g/mol. The molecule has 0 aliphatic rings. The minimum absolute atomic E-state index is 0.0532. The van der Waals surface area contributed by atoms with Gasteiger partial charge in [0.15, 0.2) is 0 Å². The molecule has 2 rings (SSSR count). The molecule has 1 aromatic carbocycles. The minimum Gasteiger partial charge on any atom is -0.478 e. The molecule has 1 heterocycles. The Bertz CT molecular complexity index is 604. The number of pyridine rings is 1. The van der Waals surface area contributed by atoms with Gasteiger partial charge in [-0.15, -0.1) is 0 Å². The molecule has 1 aromatic heterocycles. The first-order valence-electron chi connectivity index (χ1n) is 4.88. The zero-order valence-electron chi connectivity index (χ0n) is 8.93. The molecular weight excluding hydrogens is 321 g/mol. The molecule has 0 unspecified atom stereocenters. The van der Waals surface area contributed by atoms with Crippen molar-refractivity contribution in [3.63, 3.8) is 0 Å². The van der Waals surface area contributed by atoms with E-state index in [4.69, 9.17) is 21.4 Å². The second-order valence-electron chi connectivity index (χ2n) is 3.36. The molecule has 4 nitrogen and oxygen atoms in total. The van der Waals surface area contributed by atoms with Gasteiger partial charge in [0.05, 0.1) is 11.2 Å². The smallest absolute Gasteiger partial charge is 0.340 e. The highest BCUT2D eigenvalue weighted by Gasteiger charge is 2.15. The molecule has 0 spiro atoms. The number of carboxylic acids is 1. The lowest BCUT2D eigenvalue weighted by Crippen LogP contribution is -2.01. The molecular formula is C12H7BrClNO3. The molecule has 0 aliphatic carbocycles. The van der Waals surface area contributed by atoms with Crippen molar-refractivity contribution >= 4 is 33.5 Å². The van der Waals surface area contributed by atoms with E-state index in [1.165, 1.54) is 12.4 Å². The standard InChI is InChI=1S/C12H7BrClNO3/c13-9-2-1-3-10(11(9)12(16)17)18-8-4-7(14)5-15-6-8/h1-6H,(H,16,17). The van der Waals surface area contributed by atoms with Crippen LogP contribution in [0, 0.1) is 0 Å². The summed E-state index contributed by atoms with van der Waals surface area (Å²) in [5.41, 5.74) is 0.0532. The highest BCUT2D eigenvalue weighted by molar-refractivity contribution is 9.10. The summed E-state index contributed by atoms with van der Waals surface area (Å²) >= 11 is 8.95. The number of rotatable bonds is 3. The molecule has 92 valence electrons. The summed E-state index contributed by atoms with van der Waals surface area (Å²) in [5.74, 6) is -0.475. The maximum Gasteiger partial charge on any atom is 0.340 e. The van der Waals surface area contributed by atoms with Crippen LogP contribution in [0.3, 0.4) is 0 Å². The summed E-state index contributed by atoms with van der Waals surface area (Å²) in [6, 6.07) is 6.44. The maximum atomic E-state index is 11.1. The van der Waals surface area contributed by atoms with Crippen molar-refractivity contribution in [3.8, 4) is 11.5 Å². The summed E-state index contributed by atoms with van der Waals surface area (Å²) in [5, 5.41) is 9.54. The minimum atomic E-state index is -1.08. The number of aromatic nitrogens is 1. The molecule has 0 amide bonds. The van der Waals surface area contributed by atoms with Gasteiger partial charge < -0.3 is 9.84 Å². The fraction of sp³-hybridized carbons (Fsp3) is 0. The van der Waals surface area contributed by atoms with Crippen LogP contribution in [-0.2, 0) is 0 Å². The predicted octanol–water partition coefficient (Wildman–Crippen LogP) is 3.99. The third kappa shape index (κ3) is 2.80. The first-order valence-corrected chi connectivity index (χ1v) is 6.05. The van der Waals surface area contributed by atoms with Gasteiger partial charge in [-0.2, -0.15) is 0 Å². The SMILES string of the molecule is O=C(O)c1c(Br)cccc1Oc1cncc(Cl)c1. The molecule has 0 fully saturated rings. The van der Waals surface area contributed by atoms with E-state index in [0.717, 1.165) is 0 Å². The van der Waals surface area contributed by atoms with E-state index in [1.807, 2.05) is 0 Å². The molecule has 0 radical (unpaired) electrons. The van der Waals surface area contributed by atoms with Gasteiger partial charge in [-0.05, 0) is 28.1 Å². The van der Waals surface area contributed by atoms with E-state index < -0.39 is 5.97 Å². The quantitative estimate of drug-likeness (QED) is 0.925. The Kier molecular flexibility index (Phi) is 3.84. The van der Waals surface area contributed by atoms with Gasteiger partial charge in [0.2, 0.25) is 0 Å². The van der Waals surface area contributed by atoms with Crippen molar-refractivity contribution in [2.24, 2.45) is 0 Å². The van der Waals surface area contributed by atoms with E-state index in [0.29, 0.717) is 15.2 Å². The van der Waals surface area contributed by atoms with Crippen molar-refractivity contribution in [1.29, 1.82) is 0 Å². The van der Waals surface area contributed by atoms with E-state index >= 15 is 0 Å².